The molecular formula is C35H47F3N3O7PS. The summed E-state index contributed by atoms with van der Waals surface area (Å²) in [6.45, 7) is 5.74. The van der Waals surface area contributed by atoms with Gasteiger partial charge in [-0.15, -0.1) is 0 Å². The topological polar surface area (TPSA) is 152 Å². The Kier molecular flexibility index (Phi) is 13.0. The zero-order valence-electron chi connectivity index (χ0n) is 28.9. The molecule has 276 valence electrons. The third kappa shape index (κ3) is 8.39. The number of rotatable bonds is 17. The Morgan fingerprint density at radius 1 is 0.800 bits per heavy atom. The first-order chi connectivity index (χ1) is 23.2. The second kappa shape index (κ2) is 15.7. The predicted molar refractivity (Wildman–Crippen MR) is 187 cm³/mol. The van der Waals surface area contributed by atoms with Crippen molar-refractivity contribution in [3.05, 3.63) is 108 Å². The first kappa shape index (κ1) is 41.5. The molecule has 0 aromatic heterocycles. The van der Waals surface area contributed by atoms with E-state index in [1.54, 1.807) is 124 Å². The van der Waals surface area contributed by atoms with Crippen LogP contribution >= 0.6 is 7.28 Å². The number of hydrogen-bond acceptors (Lipinski definition) is 9. The molecule has 0 amide bonds. The van der Waals surface area contributed by atoms with E-state index in [1.165, 1.54) is 18.9 Å². The van der Waals surface area contributed by atoms with Gasteiger partial charge >= 0.3 is 293 Å². The second-order valence-corrected chi connectivity index (χ2v) is 18.1. The molecule has 3 aromatic carbocycles. The third-order valence-corrected chi connectivity index (χ3v) is 13.2. The quantitative estimate of drug-likeness (QED) is 0.0800. The fourth-order valence-electron chi connectivity index (χ4n) is 6.98. The van der Waals surface area contributed by atoms with Gasteiger partial charge in [0.05, 0.1) is 0 Å². The Balaban J connectivity index is 2.42. The number of halogens is 3. The van der Waals surface area contributed by atoms with Gasteiger partial charge in [0.15, 0.2) is 0 Å². The second-order valence-electron chi connectivity index (χ2n) is 12.8. The molecule has 15 heteroatoms. The summed E-state index contributed by atoms with van der Waals surface area (Å²) in [6.07, 6.45) is -1.78. The van der Waals surface area contributed by atoms with Crippen LogP contribution in [0.15, 0.2) is 91.0 Å². The summed E-state index contributed by atoms with van der Waals surface area (Å²) in [5.74, 6) is -2.08. The monoisotopic (exact) mass is 741 g/mol. The van der Waals surface area contributed by atoms with E-state index in [2.05, 4.69) is 0 Å². The zero-order valence-corrected chi connectivity index (χ0v) is 30.7. The van der Waals surface area contributed by atoms with E-state index in [0.29, 0.717) is 16.7 Å². The molecule has 0 saturated heterocycles. The summed E-state index contributed by atoms with van der Waals surface area (Å²) in [6, 6.07) is 26.6. The first-order valence-electron chi connectivity index (χ1n) is 16.0. The number of methoxy groups -OCH3 is 2. The van der Waals surface area contributed by atoms with Crippen molar-refractivity contribution in [1.82, 2.24) is 9.62 Å². The van der Waals surface area contributed by atoms with Crippen LogP contribution in [0.25, 0.3) is 0 Å². The van der Waals surface area contributed by atoms with Crippen LogP contribution in [0.2, 0.25) is 0 Å². The minimum absolute atomic E-state index is 0.326. The molecule has 0 bridgehead atoms. The van der Waals surface area contributed by atoms with Gasteiger partial charge in [-0.2, -0.15) is 0 Å². The standard InChI is InChI=1S/C35H47F3N3O7PS/c1-26(2)41(27(3)4)31(23-39)25-49(42,43,44)32(24-40-50(45,46)35(36,37)38)22-33(47-5,48-6)34(28-16-10-7-11-17-28,29-18-12-8-13-19-29)30-20-14-9-15-21-30/h7-21,26-27,31-32,40,42-44H,22,24-25H2,1-6H3. The van der Waals surface area contributed by atoms with Gasteiger partial charge in [0.1, 0.15) is 0 Å². The van der Waals surface area contributed by atoms with Gasteiger partial charge in [0.2, 0.25) is 0 Å². The average Bonchev–Trinajstić information content (AvgIpc) is 3.06. The summed E-state index contributed by atoms with van der Waals surface area (Å²) in [5.41, 5.74) is -7.69. The molecule has 2 atom stereocenters. The fourth-order valence-corrected chi connectivity index (χ4v) is 10.00. The molecular weight excluding hydrogens is 694 g/mol. The van der Waals surface area contributed by atoms with Gasteiger partial charge in [0, 0.05) is 0 Å². The number of nitrogens with one attached hydrogen (secondary N) is 1. The molecule has 10 nitrogen and oxygen atoms in total. The average molecular weight is 742 g/mol. The fraction of sp³-hybridized carbons (Fsp3) is 0.457. The van der Waals surface area contributed by atoms with E-state index in [4.69, 9.17) is 9.47 Å². The molecule has 0 aliphatic carbocycles. The van der Waals surface area contributed by atoms with Gasteiger partial charge in [-0.05, 0) is 0 Å². The van der Waals surface area contributed by atoms with Crippen molar-refractivity contribution in [3.8, 4) is 6.07 Å². The Morgan fingerprint density at radius 3 is 1.48 bits per heavy atom. The number of ether oxygens (including phenoxy) is 2. The molecule has 0 saturated carbocycles. The Hall–Kier alpha value is -2.96. The number of nitriles is 1. The maximum atomic E-state index is 13.6. The summed E-state index contributed by atoms with van der Waals surface area (Å²) in [5, 5.41) is 10.2. The van der Waals surface area contributed by atoms with Crippen molar-refractivity contribution < 1.29 is 45.7 Å². The molecule has 0 aliphatic rings. The van der Waals surface area contributed by atoms with Crippen LogP contribution in [0.5, 0.6) is 0 Å². The van der Waals surface area contributed by atoms with E-state index >= 15 is 0 Å². The normalized spacial score (nSPS) is 15.4. The molecule has 3 rings (SSSR count). The SMILES string of the molecule is COC(CC(CNS(=O)(=O)C(F)(F)F)P(O)(O)(O)CC(C#N)N(C(C)C)C(C)C)(OC)C(c1ccccc1)(c1ccccc1)c1ccccc1. The maximum absolute atomic E-state index is 13.6. The summed E-state index contributed by atoms with van der Waals surface area (Å²) < 4.78 is 79.4. The van der Waals surface area contributed by atoms with Gasteiger partial charge in [-0.1, -0.05) is 0 Å². The van der Waals surface area contributed by atoms with E-state index in [9.17, 15) is 41.5 Å². The molecule has 3 aromatic rings. The number of nitrogens with zero attached hydrogens (tertiary/aromatic N) is 2. The number of alkyl halides is 3. The van der Waals surface area contributed by atoms with Crippen LogP contribution in [0.3, 0.4) is 0 Å². The molecule has 0 heterocycles. The summed E-state index contributed by atoms with van der Waals surface area (Å²) in [7, 11) is -9.89. The number of hydrogen-bond donors (Lipinski definition) is 4. The van der Waals surface area contributed by atoms with Crippen molar-refractivity contribution in [2.24, 2.45) is 0 Å². The van der Waals surface area contributed by atoms with Crippen molar-refractivity contribution in [3.63, 3.8) is 0 Å². The van der Waals surface area contributed by atoms with Crippen molar-refractivity contribution in [2.75, 3.05) is 26.9 Å². The van der Waals surface area contributed by atoms with Crippen LogP contribution in [0.1, 0.15) is 50.8 Å². The third-order valence-electron chi connectivity index (χ3n) is 9.14. The number of sulfonamides is 1. The molecule has 2 unspecified atom stereocenters. The molecule has 50 heavy (non-hydrogen) atoms. The molecule has 0 aliphatic heterocycles. The van der Waals surface area contributed by atoms with Crippen LogP contribution in [-0.2, 0) is 24.9 Å². The van der Waals surface area contributed by atoms with Crippen LogP contribution in [0, 0.1) is 11.3 Å². The summed E-state index contributed by atoms with van der Waals surface area (Å²) in [4.78, 5) is 37.7. The molecule has 0 fully saturated rings. The van der Waals surface area contributed by atoms with E-state index < -0.39 is 64.8 Å². The first-order valence-corrected chi connectivity index (χ1v) is 19.8. The van der Waals surface area contributed by atoms with Crippen LogP contribution in [0.4, 0.5) is 13.2 Å². The van der Waals surface area contributed by atoms with Gasteiger partial charge < -0.3 is 0 Å². The van der Waals surface area contributed by atoms with Crippen molar-refractivity contribution in [2.45, 2.75) is 74.6 Å². The predicted octanol–water partition coefficient (Wildman–Crippen LogP) is 5.49. The van der Waals surface area contributed by atoms with Gasteiger partial charge in [0.25, 0.3) is 0 Å². The van der Waals surface area contributed by atoms with Crippen LogP contribution in [-0.4, -0.2) is 90.0 Å². The minimum atomic E-state index is -6.39. The van der Waals surface area contributed by atoms with E-state index in [-0.39, 0.29) is 12.1 Å². The van der Waals surface area contributed by atoms with Crippen LogP contribution < -0.4 is 4.72 Å². The Labute approximate surface area is 292 Å². The molecule has 4 N–H and O–H groups in total. The zero-order chi connectivity index (χ0) is 37.6. The van der Waals surface area contributed by atoms with Crippen molar-refractivity contribution in [1.29, 1.82) is 5.26 Å². The molecule has 0 spiro atoms. The number of benzene rings is 3. The summed E-state index contributed by atoms with van der Waals surface area (Å²) >= 11 is 0. The van der Waals surface area contributed by atoms with Gasteiger partial charge in [-0.25, -0.2) is 0 Å². The van der Waals surface area contributed by atoms with E-state index in [1.807, 2.05) is 6.07 Å². The Morgan fingerprint density at radius 2 is 1.18 bits per heavy atom. The van der Waals surface area contributed by atoms with Gasteiger partial charge in [-0.3, -0.25) is 0 Å². The Bertz CT molecular complexity index is 1570. The van der Waals surface area contributed by atoms with Crippen molar-refractivity contribution >= 4 is 17.3 Å². The molecule has 0 radical (unpaired) electrons. The van der Waals surface area contributed by atoms with E-state index in [0.717, 1.165) is 0 Å².